The minimum atomic E-state index is 0.623. The number of hydrogen-bond acceptors (Lipinski definition) is 12. The van der Waals surface area contributed by atoms with E-state index in [1.165, 1.54) is 149 Å². The molecule has 0 unspecified atom stereocenters. The summed E-state index contributed by atoms with van der Waals surface area (Å²) < 4.78 is 23.2. The number of aromatic nitrogens is 9. The molecule has 0 aliphatic heterocycles. The van der Waals surface area contributed by atoms with Crippen LogP contribution in [0.15, 0.2) is 406 Å². The number of nitrogens with zero attached hydrogens (tertiary/aromatic N) is 9. The molecule has 0 saturated carbocycles. The van der Waals surface area contributed by atoms with E-state index in [4.69, 9.17) is 29.9 Å². The molecule has 0 radical (unpaired) electrons. The molecule has 27 aromatic rings. The van der Waals surface area contributed by atoms with Crippen LogP contribution in [0.4, 0.5) is 0 Å². The number of fused-ring (bicyclic) bond motifs is 22. The third-order valence-corrected chi connectivity index (χ3v) is 31.6. The molecule has 11 aromatic heterocycles. The minimum absolute atomic E-state index is 0.623. The first-order chi connectivity index (χ1) is 63.0. The van der Waals surface area contributed by atoms with Gasteiger partial charge >= 0.3 is 0 Å². The second-order valence-electron chi connectivity index (χ2n) is 31.5. The first kappa shape index (κ1) is 74.6. The zero-order chi connectivity index (χ0) is 83.6. The van der Waals surface area contributed by atoms with Crippen molar-refractivity contribution in [3.05, 3.63) is 406 Å². The first-order valence-electron chi connectivity index (χ1n) is 42.1. The predicted octanol–water partition coefficient (Wildman–Crippen LogP) is 32.5. The molecule has 0 bridgehead atoms. The highest BCUT2D eigenvalue weighted by Gasteiger charge is 2.28. The van der Waals surface area contributed by atoms with Gasteiger partial charge in [-0.1, -0.05) is 328 Å². The Bertz CT molecular complexity index is 8910. The minimum Gasteiger partial charge on any atom is -0.307 e. The summed E-state index contributed by atoms with van der Waals surface area (Å²) in [5.74, 6) is 3.91. The van der Waals surface area contributed by atoms with E-state index in [2.05, 4.69) is 335 Å². The second-order valence-corrected chi connectivity index (χ2v) is 37.7. The van der Waals surface area contributed by atoms with Crippen LogP contribution in [0.1, 0.15) is 0 Å². The molecule has 0 spiro atoms. The van der Waals surface area contributed by atoms with Gasteiger partial charge in [-0.25, -0.2) is 19.9 Å². The van der Waals surface area contributed by atoms with E-state index in [0.717, 1.165) is 55.7 Å². The van der Waals surface area contributed by atoms with E-state index in [1.807, 2.05) is 153 Å². The molecule has 0 aliphatic rings. The van der Waals surface area contributed by atoms with E-state index < -0.39 is 0 Å². The van der Waals surface area contributed by atoms with Gasteiger partial charge in [-0.15, -0.1) is 68.0 Å². The monoisotopic (exact) mass is 1730 g/mol. The van der Waals surface area contributed by atoms with Gasteiger partial charge in [0.2, 0.25) is 5.95 Å². The van der Waals surface area contributed by atoms with Gasteiger partial charge in [0.05, 0.1) is 81.1 Å². The number of benzene rings is 16. The first-order valence-corrected chi connectivity index (χ1v) is 47.0. The van der Waals surface area contributed by atoms with Crippen molar-refractivity contribution >= 4 is 201 Å². The van der Waals surface area contributed by atoms with Crippen LogP contribution in [0.5, 0.6) is 0 Å². The molecule has 0 N–H and O–H groups in total. The highest BCUT2D eigenvalue weighted by molar-refractivity contribution is 7.38. The molecule has 0 aliphatic carbocycles. The Balaban J connectivity index is 0.000000104. The maximum atomic E-state index is 5.20. The van der Waals surface area contributed by atoms with E-state index in [-0.39, 0.29) is 0 Å². The fraction of sp³-hybridized carbons (Fsp3) is 0. The van der Waals surface area contributed by atoms with Gasteiger partial charge in [0.25, 0.3) is 0 Å². The third-order valence-electron chi connectivity index (χ3n) is 24.0. The lowest BCUT2D eigenvalue weighted by atomic mass is 9.94. The highest BCUT2D eigenvalue weighted by Crippen LogP contribution is 2.53. The van der Waals surface area contributed by atoms with E-state index in [0.29, 0.717) is 35.1 Å². The van der Waals surface area contributed by atoms with Crippen molar-refractivity contribution in [3.63, 3.8) is 0 Å². The van der Waals surface area contributed by atoms with Crippen LogP contribution in [-0.2, 0) is 0 Å². The maximum absolute atomic E-state index is 5.20. The molecule has 0 atom stereocenters. The van der Waals surface area contributed by atoms with Crippen molar-refractivity contribution in [2.24, 2.45) is 0 Å². The summed E-state index contributed by atoms with van der Waals surface area (Å²) in [4.78, 5) is 30.1. The Morgan fingerprint density at radius 1 is 0.173 bits per heavy atom. The Hall–Kier alpha value is -15.0. The summed E-state index contributed by atoms with van der Waals surface area (Å²) in [6, 6.07) is 143. The van der Waals surface area contributed by atoms with Crippen molar-refractivity contribution in [1.29, 1.82) is 0 Å². The highest BCUT2D eigenvalue weighted by atomic mass is 32.1. The number of thiophene rings is 6. The van der Waals surface area contributed by atoms with Crippen LogP contribution >= 0.6 is 68.0 Å². The molecule has 596 valence electrons. The van der Waals surface area contributed by atoms with Crippen molar-refractivity contribution < 1.29 is 0 Å². The number of para-hydroxylation sites is 3. The third kappa shape index (κ3) is 12.8. The normalized spacial score (nSPS) is 11.8. The molecular formula is C112H67N9S6. The summed E-state index contributed by atoms with van der Waals surface area (Å²) in [6.45, 7) is 0. The van der Waals surface area contributed by atoms with Crippen LogP contribution in [0.2, 0.25) is 0 Å². The fourth-order valence-corrected chi connectivity index (χ4v) is 26.4. The van der Waals surface area contributed by atoms with Gasteiger partial charge in [-0.3, -0.25) is 4.57 Å². The van der Waals surface area contributed by atoms with Crippen molar-refractivity contribution in [2.75, 3.05) is 0 Å². The topological polar surface area (TPSA) is 92.1 Å². The zero-order valence-electron chi connectivity index (χ0n) is 67.7. The van der Waals surface area contributed by atoms with Crippen LogP contribution in [-0.4, -0.2) is 43.6 Å². The molecule has 16 aromatic carbocycles. The van der Waals surface area contributed by atoms with Crippen molar-refractivity contribution in [1.82, 2.24) is 43.6 Å². The molecule has 27 rings (SSSR count). The smallest absolute Gasteiger partial charge is 0.238 e. The SMILES string of the molecule is c1ccc(-c2cccc(-c3ccc(-n4c5ccccc5c5sc6c7ccccc7sc6c54)c4ccccc34)c2)cc1.c1ccc(-c2cccc(-c3nc(-c4ccccc4)nc(-n4c5ccccc5c5sc6c7ccccc7sc6c54)n3)c2)cc1.c1ccc(-c2nc(-c3ccccc3)nc(-c3ccc(-n4c5ccccc5c5sc6c7ccccc7sc6c54)cc3)n2)cc1. The van der Waals surface area contributed by atoms with Gasteiger partial charge in [0, 0.05) is 85.3 Å². The molecule has 0 saturated heterocycles. The summed E-state index contributed by atoms with van der Waals surface area (Å²) in [5.41, 5.74) is 21.7. The molecule has 0 amide bonds. The Morgan fingerprint density at radius 3 is 0.929 bits per heavy atom. The lowest BCUT2D eigenvalue weighted by Gasteiger charge is -2.15. The van der Waals surface area contributed by atoms with Gasteiger partial charge < -0.3 is 9.13 Å². The summed E-state index contributed by atoms with van der Waals surface area (Å²) >= 11 is 11.3. The average Bonchev–Trinajstić information content (AvgIpc) is 1.63. The van der Waals surface area contributed by atoms with E-state index >= 15 is 0 Å². The van der Waals surface area contributed by atoms with E-state index in [9.17, 15) is 0 Å². The van der Waals surface area contributed by atoms with Crippen molar-refractivity contribution in [2.45, 2.75) is 0 Å². The lowest BCUT2D eigenvalue weighted by Crippen LogP contribution is -2.06. The molecule has 127 heavy (non-hydrogen) atoms. The number of rotatable bonds is 11. The van der Waals surface area contributed by atoms with Crippen LogP contribution < -0.4 is 0 Å². The van der Waals surface area contributed by atoms with E-state index in [1.54, 1.807) is 0 Å². The Morgan fingerprint density at radius 2 is 0.480 bits per heavy atom. The standard InChI is InChI=1S/C38H23NS2.2C37H22N4S2/c1-2-11-24(12-3-1)25-13-10-14-26(23-25)27-21-22-33(29-16-5-4-15-28(27)29)39-32-19-8-6-17-30(32)36-35(39)38-37(41-36)31-18-7-9-20-34(31)40-38;1-3-12-23(13-4-1)25-16-11-17-26(22-25)36-38-35(24-14-5-2-6-15-24)39-37(40-36)41-29-20-9-7-18-27(29)32-31(41)34-33(43-32)28-19-8-10-21-30(28)42-34;1-3-11-23(12-4-1)35-38-36(24-13-5-2-6-14-24)40-37(39-35)25-19-21-26(22-20-25)41-29-17-9-7-15-27(29)32-31(41)34-33(43-32)28-16-8-10-18-30(28)42-34/h1-23H;2*1-22H. The van der Waals surface area contributed by atoms with Gasteiger partial charge in [0.15, 0.2) is 29.1 Å². The average molecular weight is 1730 g/mol. The largest absolute Gasteiger partial charge is 0.307 e. The molecular weight excluding hydrogens is 1660 g/mol. The Labute approximate surface area is 751 Å². The number of hydrogen-bond donors (Lipinski definition) is 0. The van der Waals surface area contributed by atoms with Gasteiger partial charge in [-0.2, -0.15) is 9.97 Å². The van der Waals surface area contributed by atoms with Crippen LogP contribution in [0.25, 0.3) is 240 Å². The quantitative estimate of drug-likeness (QED) is 0.128. The predicted molar refractivity (Wildman–Crippen MR) is 542 cm³/mol. The zero-order valence-corrected chi connectivity index (χ0v) is 72.6. The molecule has 0 fully saturated rings. The maximum Gasteiger partial charge on any atom is 0.238 e. The van der Waals surface area contributed by atoms with Crippen LogP contribution in [0, 0.1) is 0 Å². The lowest BCUT2D eigenvalue weighted by molar-refractivity contribution is 0.956. The Kier molecular flexibility index (Phi) is 18.2. The second kappa shape index (κ2) is 31.0. The summed E-state index contributed by atoms with van der Waals surface area (Å²) in [5, 5.41) is 10.4. The fourth-order valence-electron chi connectivity index (χ4n) is 18.1. The summed E-state index contributed by atoms with van der Waals surface area (Å²) in [7, 11) is 0. The van der Waals surface area contributed by atoms with Crippen LogP contribution in [0.3, 0.4) is 0 Å². The van der Waals surface area contributed by atoms with Crippen molar-refractivity contribution in [3.8, 4) is 108 Å². The van der Waals surface area contributed by atoms with Gasteiger partial charge in [-0.05, 0) is 118 Å². The van der Waals surface area contributed by atoms with Gasteiger partial charge in [0.1, 0.15) is 0 Å². The molecule has 11 heterocycles. The molecule has 15 heteroatoms. The summed E-state index contributed by atoms with van der Waals surface area (Å²) in [6.07, 6.45) is 0. The molecule has 9 nitrogen and oxygen atoms in total.